The summed E-state index contributed by atoms with van der Waals surface area (Å²) < 4.78 is 3.69. The average molecular weight is 450 g/mol. The van der Waals surface area contributed by atoms with E-state index in [2.05, 4.69) is 5.32 Å². The molecule has 0 fully saturated rings. The number of nitrogens with two attached hydrogens (primary N) is 1. The summed E-state index contributed by atoms with van der Waals surface area (Å²) in [6.45, 7) is 0. The van der Waals surface area contributed by atoms with Crippen LogP contribution in [-0.2, 0) is 0 Å². The van der Waals surface area contributed by atoms with Gasteiger partial charge in [0.05, 0.1) is 16.7 Å². The Morgan fingerprint density at radius 1 is 0.735 bits per heavy atom. The van der Waals surface area contributed by atoms with Crippen LogP contribution in [0.2, 0.25) is 0 Å². The molecule has 8 nitrogen and oxygen atoms in total. The van der Waals surface area contributed by atoms with Gasteiger partial charge in [-0.2, -0.15) is 9.13 Å². The largest absolute Gasteiger partial charge is 0.366 e. The number of benzene rings is 2. The molecule has 3 amide bonds. The number of imide groups is 1. The second-order valence-corrected chi connectivity index (χ2v) is 7.75. The van der Waals surface area contributed by atoms with Crippen molar-refractivity contribution in [2.45, 2.75) is 0 Å². The van der Waals surface area contributed by atoms with E-state index in [-0.39, 0.29) is 22.9 Å². The Bertz CT molecular complexity index is 1440. The number of pyridine rings is 2. The minimum Gasteiger partial charge on any atom is -0.366 e. The van der Waals surface area contributed by atoms with Gasteiger partial charge >= 0.3 is 0 Å². The third-order valence-corrected chi connectivity index (χ3v) is 5.74. The molecular weight excluding hydrogens is 432 g/mol. The van der Waals surface area contributed by atoms with Gasteiger partial charge in [-0.1, -0.05) is 0 Å². The monoisotopic (exact) mass is 450 g/mol. The van der Waals surface area contributed by atoms with E-state index in [4.69, 9.17) is 5.73 Å². The molecule has 3 heterocycles. The second kappa shape index (κ2) is 8.18. The molecule has 0 radical (unpaired) electrons. The van der Waals surface area contributed by atoms with Crippen LogP contribution in [0.4, 0.5) is 0 Å². The zero-order valence-electron chi connectivity index (χ0n) is 17.8. The summed E-state index contributed by atoms with van der Waals surface area (Å²) in [5, 5.41) is 2.29. The van der Waals surface area contributed by atoms with Crippen molar-refractivity contribution in [3.05, 3.63) is 108 Å². The molecular formula is C26H18N4O4+2. The van der Waals surface area contributed by atoms with Gasteiger partial charge in [0.1, 0.15) is 0 Å². The van der Waals surface area contributed by atoms with E-state index in [1.54, 1.807) is 36.4 Å². The molecule has 0 aliphatic carbocycles. The van der Waals surface area contributed by atoms with Crippen molar-refractivity contribution in [3.8, 4) is 22.5 Å². The Kier molecular flexibility index (Phi) is 5.03. The molecule has 3 N–H and O–H groups in total. The molecule has 0 atom stereocenters. The fraction of sp³-hybridized carbons (Fsp3) is 0. The number of aromatic nitrogens is 2. The zero-order valence-corrected chi connectivity index (χ0v) is 17.8. The van der Waals surface area contributed by atoms with Crippen molar-refractivity contribution in [2.75, 3.05) is 0 Å². The molecule has 0 spiro atoms. The van der Waals surface area contributed by atoms with E-state index in [1.807, 2.05) is 58.2 Å². The van der Waals surface area contributed by atoms with Crippen molar-refractivity contribution in [3.63, 3.8) is 0 Å². The molecule has 0 bridgehead atoms. The SMILES string of the molecule is NC(=O)c1cc(-[n+]2ccc(-c3cc[n+](-c4ccc5c(c4)C(=O)NC5=O)cc3)cc2)ccc1C=O. The van der Waals surface area contributed by atoms with Crippen LogP contribution in [0.25, 0.3) is 22.5 Å². The lowest BCUT2D eigenvalue weighted by Crippen LogP contribution is -2.30. The highest BCUT2D eigenvalue weighted by Crippen LogP contribution is 2.19. The summed E-state index contributed by atoms with van der Waals surface area (Å²) in [4.78, 5) is 46.4. The van der Waals surface area contributed by atoms with Gasteiger partial charge in [0, 0.05) is 54.1 Å². The van der Waals surface area contributed by atoms with Crippen molar-refractivity contribution in [2.24, 2.45) is 5.73 Å². The lowest BCUT2D eigenvalue weighted by molar-refractivity contribution is -0.596. The Morgan fingerprint density at radius 3 is 1.82 bits per heavy atom. The molecule has 34 heavy (non-hydrogen) atoms. The first kappa shape index (κ1) is 20.9. The van der Waals surface area contributed by atoms with E-state index in [0.717, 1.165) is 16.8 Å². The third kappa shape index (κ3) is 3.63. The molecule has 2 aromatic carbocycles. The summed E-state index contributed by atoms with van der Waals surface area (Å²) in [5.74, 6) is -1.42. The normalized spacial score (nSPS) is 12.2. The first-order valence-electron chi connectivity index (χ1n) is 10.4. The van der Waals surface area contributed by atoms with Gasteiger partial charge in [-0.25, -0.2) is 0 Å². The van der Waals surface area contributed by atoms with E-state index in [0.29, 0.717) is 23.1 Å². The van der Waals surface area contributed by atoms with Crippen LogP contribution in [-0.4, -0.2) is 24.0 Å². The molecule has 8 heteroatoms. The molecule has 2 aromatic heterocycles. The highest BCUT2D eigenvalue weighted by atomic mass is 16.2. The molecule has 1 aliphatic heterocycles. The summed E-state index contributed by atoms with van der Waals surface area (Å²) >= 11 is 0. The van der Waals surface area contributed by atoms with Crippen molar-refractivity contribution >= 4 is 24.0 Å². The quantitative estimate of drug-likeness (QED) is 0.274. The van der Waals surface area contributed by atoms with Gasteiger partial charge < -0.3 is 5.73 Å². The lowest BCUT2D eigenvalue weighted by atomic mass is 10.1. The molecule has 5 rings (SSSR count). The first-order chi connectivity index (χ1) is 16.4. The number of rotatable bonds is 5. The van der Waals surface area contributed by atoms with E-state index in [9.17, 15) is 19.2 Å². The Labute approximate surface area is 193 Å². The van der Waals surface area contributed by atoms with Crippen molar-refractivity contribution < 1.29 is 28.3 Å². The molecule has 0 saturated heterocycles. The fourth-order valence-electron chi connectivity index (χ4n) is 3.92. The predicted molar refractivity (Wildman–Crippen MR) is 121 cm³/mol. The van der Waals surface area contributed by atoms with Crippen LogP contribution in [0, 0.1) is 0 Å². The fourth-order valence-corrected chi connectivity index (χ4v) is 3.92. The first-order valence-corrected chi connectivity index (χ1v) is 10.4. The maximum absolute atomic E-state index is 11.9. The number of carbonyl (C=O) groups excluding carboxylic acids is 4. The number of nitrogens with zero attached hydrogens (tertiary/aromatic N) is 2. The van der Waals surface area contributed by atoms with Crippen LogP contribution in [0.1, 0.15) is 41.4 Å². The van der Waals surface area contributed by atoms with Crippen LogP contribution in [0.3, 0.4) is 0 Å². The minimum absolute atomic E-state index is 0.171. The van der Waals surface area contributed by atoms with E-state index in [1.165, 1.54) is 0 Å². The lowest BCUT2D eigenvalue weighted by Gasteiger charge is -2.03. The second-order valence-electron chi connectivity index (χ2n) is 7.75. The summed E-state index contributed by atoms with van der Waals surface area (Å²) in [5.41, 5.74) is 9.99. The van der Waals surface area contributed by atoms with Gasteiger partial charge in [-0.15, -0.1) is 0 Å². The highest BCUT2D eigenvalue weighted by molar-refractivity contribution is 6.21. The average Bonchev–Trinajstić information content (AvgIpc) is 3.16. The number of amides is 3. The molecule has 1 aliphatic rings. The van der Waals surface area contributed by atoms with Crippen molar-refractivity contribution in [1.82, 2.24) is 5.32 Å². The topological polar surface area (TPSA) is 114 Å². The number of carbonyl (C=O) groups is 4. The van der Waals surface area contributed by atoms with Crippen molar-refractivity contribution in [1.29, 1.82) is 0 Å². The maximum atomic E-state index is 11.9. The van der Waals surface area contributed by atoms with Crippen LogP contribution in [0.15, 0.2) is 85.5 Å². The Morgan fingerprint density at radius 2 is 1.26 bits per heavy atom. The Hall–Kier alpha value is -4.98. The van der Waals surface area contributed by atoms with Crippen LogP contribution < -0.4 is 20.2 Å². The number of aldehydes is 1. The van der Waals surface area contributed by atoms with E-state index < -0.39 is 5.91 Å². The maximum Gasteiger partial charge on any atom is 0.259 e. The third-order valence-electron chi connectivity index (χ3n) is 5.74. The summed E-state index contributed by atoms with van der Waals surface area (Å²) in [6, 6.07) is 17.8. The van der Waals surface area contributed by atoms with Gasteiger partial charge in [0.25, 0.3) is 11.8 Å². The van der Waals surface area contributed by atoms with E-state index >= 15 is 0 Å². The summed E-state index contributed by atoms with van der Waals surface area (Å²) in [6.07, 6.45) is 8.07. The smallest absolute Gasteiger partial charge is 0.259 e. The molecule has 164 valence electrons. The van der Waals surface area contributed by atoms with Gasteiger partial charge in [-0.3, -0.25) is 24.5 Å². The van der Waals surface area contributed by atoms with Crippen LogP contribution >= 0.6 is 0 Å². The highest BCUT2D eigenvalue weighted by Gasteiger charge is 2.28. The number of primary amides is 1. The molecule has 0 unspecified atom stereocenters. The number of nitrogens with one attached hydrogen (secondary N) is 1. The predicted octanol–water partition coefficient (Wildman–Crippen LogP) is 1.70. The zero-order chi connectivity index (χ0) is 23.8. The van der Waals surface area contributed by atoms with Gasteiger partial charge in [-0.05, 0) is 23.3 Å². The molecule has 4 aromatic rings. The number of hydrogen-bond donors (Lipinski definition) is 2. The molecule has 0 saturated carbocycles. The standard InChI is InChI=1S/C26H16N4O4/c27-24(32)22-13-19(2-1-18(22)15-31)29-9-5-16(6-10-29)17-7-11-30(12-8-17)20-3-4-21-23(14-20)26(34)28-25(21)33/h1-15H,(H-2,27,28,32,33,34)/p+2. The van der Waals surface area contributed by atoms with Crippen LogP contribution in [0.5, 0.6) is 0 Å². The minimum atomic E-state index is -0.658. The number of hydrogen-bond acceptors (Lipinski definition) is 4. The van der Waals surface area contributed by atoms with Gasteiger partial charge in [0.15, 0.2) is 31.1 Å². The summed E-state index contributed by atoms with van der Waals surface area (Å²) in [7, 11) is 0. The number of fused-ring (bicyclic) bond motifs is 1. The van der Waals surface area contributed by atoms with Gasteiger partial charge in [0.2, 0.25) is 17.3 Å². The Balaban J connectivity index is 1.40.